The standard InChI is InChI=1S/C11H7N3O2S/c15-10-8(13-11(17)14-10)3-6-1-2-7-9(4-6)16-5-12-7/h1-5H,(H2,13,14,15,17)/b8-3-. The van der Waals surface area contributed by atoms with E-state index in [-0.39, 0.29) is 5.91 Å². The lowest BCUT2D eigenvalue weighted by Gasteiger charge is -1.96. The SMILES string of the molecule is O=C1NC(=S)N/C1=C\c1ccc2ncoc2c1. The van der Waals surface area contributed by atoms with Crippen LogP contribution in [0.1, 0.15) is 5.56 Å². The Balaban J connectivity index is 2.01. The second kappa shape index (κ2) is 3.67. The zero-order valence-electron chi connectivity index (χ0n) is 8.56. The van der Waals surface area contributed by atoms with Gasteiger partial charge in [0.15, 0.2) is 17.1 Å². The van der Waals surface area contributed by atoms with E-state index < -0.39 is 0 Å². The van der Waals surface area contributed by atoms with Crippen LogP contribution in [0, 0.1) is 0 Å². The third-order valence-corrected chi connectivity index (χ3v) is 2.59. The molecule has 1 aromatic heterocycles. The van der Waals surface area contributed by atoms with E-state index in [1.54, 1.807) is 6.08 Å². The van der Waals surface area contributed by atoms with Gasteiger partial charge in [-0.1, -0.05) is 6.07 Å². The van der Waals surface area contributed by atoms with Crippen LogP contribution in [0.4, 0.5) is 0 Å². The van der Waals surface area contributed by atoms with Gasteiger partial charge in [0.25, 0.3) is 5.91 Å². The molecule has 0 bridgehead atoms. The van der Waals surface area contributed by atoms with E-state index in [0.29, 0.717) is 16.4 Å². The Morgan fingerprint density at radius 2 is 2.24 bits per heavy atom. The Kier molecular flexibility index (Phi) is 2.15. The number of nitrogens with zero attached hydrogens (tertiary/aromatic N) is 1. The van der Waals surface area contributed by atoms with Crippen LogP contribution in [0.2, 0.25) is 0 Å². The number of oxazole rings is 1. The first kappa shape index (κ1) is 9.98. The summed E-state index contributed by atoms with van der Waals surface area (Å²) in [6.07, 6.45) is 3.09. The molecule has 1 saturated heterocycles. The van der Waals surface area contributed by atoms with Crippen molar-refractivity contribution in [3.63, 3.8) is 0 Å². The molecular formula is C11H7N3O2S. The molecule has 1 amide bonds. The van der Waals surface area contributed by atoms with Gasteiger partial charge in [-0.05, 0) is 36.0 Å². The van der Waals surface area contributed by atoms with Crippen LogP contribution in [0.25, 0.3) is 17.2 Å². The number of fused-ring (bicyclic) bond motifs is 1. The molecule has 0 aliphatic carbocycles. The van der Waals surface area contributed by atoms with Gasteiger partial charge in [0.2, 0.25) is 0 Å². The van der Waals surface area contributed by atoms with Gasteiger partial charge in [-0.25, -0.2) is 4.98 Å². The molecule has 0 atom stereocenters. The fourth-order valence-electron chi connectivity index (χ4n) is 1.61. The molecule has 3 rings (SSSR count). The lowest BCUT2D eigenvalue weighted by Crippen LogP contribution is -2.21. The smallest absolute Gasteiger partial charge is 0.273 e. The van der Waals surface area contributed by atoms with Gasteiger partial charge in [-0.2, -0.15) is 0 Å². The summed E-state index contributed by atoms with van der Waals surface area (Å²) in [5.41, 5.74) is 2.73. The summed E-state index contributed by atoms with van der Waals surface area (Å²) in [6.45, 7) is 0. The third-order valence-electron chi connectivity index (χ3n) is 2.39. The first-order valence-corrected chi connectivity index (χ1v) is 5.30. The topological polar surface area (TPSA) is 67.2 Å². The normalized spacial score (nSPS) is 17.5. The Bertz CT molecular complexity index is 660. The molecule has 1 aromatic carbocycles. The number of benzene rings is 1. The largest absolute Gasteiger partial charge is 0.443 e. The van der Waals surface area contributed by atoms with Crippen LogP contribution in [-0.2, 0) is 4.79 Å². The molecule has 1 fully saturated rings. The van der Waals surface area contributed by atoms with Crippen LogP contribution < -0.4 is 10.6 Å². The summed E-state index contributed by atoms with van der Waals surface area (Å²) < 4.78 is 5.18. The molecule has 0 unspecified atom stereocenters. The van der Waals surface area contributed by atoms with Crippen LogP contribution in [0.15, 0.2) is 34.7 Å². The van der Waals surface area contributed by atoms with E-state index >= 15 is 0 Å². The monoisotopic (exact) mass is 245 g/mol. The average molecular weight is 245 g/mol. The van der Waals surface area contributed by atoms with Crippen LogP contribution in [0.5, 0.6) is 0 Å². The second-order valence-corrected chi connectivity index (χ2v) is 3.95. The van der Waals surface area contributed by atoms with Gasteiger partial charge in [0.1, 0.15) is 11.2 Å². The van der Waals surface area contributed by atoms with Crippen molar-refractivity contribution in [2.24, 2.45) is 0 Å². The first-order chi connectivity index (χ1) is 8.22. The molecule has 17 heavy (non-hydrogen) atoms. The summed E-state index contributed by atoms with van der Waals surface area (Å²) in [5.74, 6) is -0.229. The highest BCUT2D eigenvalue weighted by Gasteiger charge is 2.19. The van der Waals surface area contributed by atoms with Crippen molar-refractivity contribution in [1.82, 2.24) is 15.6 Å². The minimum absolute atomic E-state index is 0.229. The number of hydrogen-bond donors (Lipinski definition) is 2. The molecule has 2 aromatic rings. The number of carbonyl (C=O) groups is 1. The van der Waals surface area contributed by atoms with Crippen molar-refractivity contribution >= 4 is 40.4 Å². The van der Waals surface area contributed by atoms with Crippen molar-refractivity contribution in [3.05, 3.63) is 35.9 Å². The lowest BCUT2D eigenvalue weighted by atomic mass is 10.2. The fourth-order valence-corrected chi connectivity index (χ4v) is 1.81. The minimum atomic E-state index is -0.229. The molecule has 84 valence electrons. The number of thiocarbonyl (C=S) groups is 1. The van der Waals surface area contributed by atoms with E-state index in [0.717, 1.165) is 11.1 Å². The molecular weight excluding hydrogens is 238 g/mol. The predicted molar refractivity (Wildman–Crippen MR) is 65.9 cm³/mol. The minimum Gasteiger partial charge on any atom is -0.443 e. The van der Waals surface area contributed by atoms with Gasteiger partial charge in [0.05, 0.1) is 0 Å². The molecule has 6 heteroatoms. The van der Waals surface area contributed by atoms with Crippen LogP contribution in [0.3, 0.4) is 0 Å². The molecule has 2 N–H and O–H groups in total. The highest BCUT2D eigenvalue weighted by atomic mass is 32.1. The van der Waals surface area contributed by atoms with E-state index in [2.05, 4.69) is 15.6 Å². The van der Waals surface area contributed by atoms with E-state index in [4.69, 9.17) is 16.6 Å². The number of hydrogen-bond acceptors (Lipinski definition) is 4. The van der Waals surface area contributed by atoms with Crippen molar-refractivity contribution in [2.45, 2.75) is 0 Å². The fraction of sp³-hybridized carbons (Fsp3) is 0. The summed E-state index contributed by atoms with van der Waals surface area (Å²) >= 11 is 4.84. The average Bonchev–Trinajstić information content (AvgIpc) is 2.85. The van der Waals surface area contributed by atoms with Crippen molar-refractivity contribution < 1.29 is 9.21 Å². The van der Waals surface area contributed by atoms with E-state index in [9.17, 15) is 4.79 Å². The molecule has 2 heterocycles. The van der Waals surface area contributed by atoms with Crippen LogP contribution in [-0.4, -0.2) is 16.0 Å². The van der Waals surface area contributed by atoms with Gasteiger partial charge in [-0.15, -0.1) is 0 Å². The molecule has 0 spiro atoms. The van der Waals surface area contributed by atoms with Gasteiger partial charge < -0.3 is 9.73 Å². The zero-order chi connectivity index (χ0) is 11.8. The Hall–Kier alpha value is -2.21. The number of aromatic nitrogens is 1. The molecule has 5 nitrogen and oxygen atoms in total. The molecule has 0 saturated carbocycles. The van der Waals surface area contributed by atoms with E-state index in [1.807, 2.05) is 18.2 Å². The molecule has 1 aliphatic heterocycles. The first-order valence-electron chi connectivity index (χ1n) is 4.90. The Labute approximate surface area is 102 Å². The molecule has 0 radical (unpaired) electrons. The summed E-state index contributed by atoms with van der Waals surface area (Å²) in [7, 11) is 0. The highest BCUT2D eigenvalue weighted by molar-refractivity contribution is 7.80. The lowest BCUT2D eigenvalue weighted by molar-refractivity contribution is -0.115. The van der Waals surface area contributed by atoms with Gasteiger partial charge in [0, 0.05) is 0 Å². The van der Waals surface area contributed by atoms with E-state index in [1.165, 1.54) is 6.39 Å². The summed E-state index contributed by atoms with van der Waals surface area (Å²) in [6, 6.07) is 5.50. The maximum atomic E-state index is 11.4. The van der Waals surface area contributed by atoms with Crippen molar-refractivity contribution in [2.75, 3.05) is 0 Å². The molecule has 1 aliphatic rings. The van der Waals surface area contributed by atoms with Gasteiger partial charge in [-0.3, -0.25) is 10.1 Å². The zero-order valence-corrected chi connectivity index (χ0v) is 9.38. The van der Waals surface area contributed by atoms with Crippen molar-refractivity contribution in [1.29, 1.82) is 0 Å². The summed E-state index contributed by atoms with van der Waals surface area (Å²) in [4.78, 5) is 15.5. The Morgan fingerprint density at radius 3 is 3.00 bits per heavy atom. The third kappa shape index (κ3) is 1.78. The Morgan fingerprint density at radius 1 is 1.35 bits per heavy atom. The van der Waals surface area contributed by atoms with Crippen LogP contribution >= 0.6 is 12.2 Å². The number of rotatable bonds is 1. The number of amides is 1. The summed E-state index contributed by atoms with van der Waals surface area (Å²) in [5, 5.41) is 5.60. The van der Waals surface area contributed by atoms with Crippen molar-refractivity contribution in [3.8, 4) is 0 Å². The predicted octanol–water partition coefficient (Wildman–Crippen LogP) is 1.17. The number of carbonyl (C=O) groups excluding carboxylic acids is 1. The maximum Gasteiger partial charge on any atom is 0.273 e. The second-order valence-electron chi connectivity index (χ2n) is 3.55. The highest BCUT2D eigenvalue weighted by Crippen LogP contribution is 2.16. The van der Waals surface area contributed by atoms with Gasteiger partial charge >= 0.3 is 0 Å². The number of nitrogens with one attached hydrogen (secondary N) is 2. The maximum absolute atomic E-state index is 11.4. The quantitative estimate of drug-likeness (QED) is 0.583.